The van der Waals surface area contributed by atoms with Gasteiger partial charge in [-0.15, -0.1) is 0 Å². The molecule has 0 spiro atoms. The molecule has 0 amide bonds. The highest BCUT2D eigenvalue weighted by molar-refractivity contribution is 7.47. The van der Waals surface area contributed by atoms with Gasteiger partial charge in [0.15, 0.2) is 6.10 Å². The second-order valence-electron chi connectivity index (χ2n) is 22.0. The van der Waals surface area contributed by atoms with Gasteiger partial charge in [0.2, 0.25) is 0 Å². The van der Waals surface area contributed by atoms with E-state index in [1.165, 1.54) is 231 Å². The minimum Gasteiger partial charge on any atom is -0.462 e. The molecule has 77 heavy (non-hydrogen) atoms. The maximum Gasteiger partial charge on any atom is 0.472 e. The lowest BCUT2D eigenvalue weighted by Gasteiger charge is -2.19. The number of unbranched alkanes of at least 4 members (excludes halogenated alkanes) is 39. The molecule has 9 nitrogen and oxygen atoms in total. The molecular weight excluding hydrogens is 978 g/mol. The predicted octanol–water partition coefficient (Wildman–Crippen LogP) is 21.1. The number of carbonyl (C=O) groups is 2. The highest BCUT2D eigenvalue weighted by Gasteiger charge is 2.26. The van der Waals surface area contributed by atoms with Crippen LogP contribution in [-0.2, 0) is 32.7 Å². The number of esters is 2. The second kappa shape index (κ2) is 62.9. The van der Waals surface area contributed by atoms with Crippen LogP contribution in [0.5, 0.6) is 0 Å². The zero-order valence-electron chi connectivity index (χ0n) is 50.4. The second-order valence-corrected chi connectivity index (χ2v) is 23.4. The van der Waals surface area contributed by atoms with E-state index in [1.54, 1.807) is 0 Å². The number of ether oxygens (including phenoxy) is 2. The first-order valence-corrected chi connectivity index (χ1v) is 34.3. The van der Waals surface area contributed by atoms with Crippen molar-refractivity contribution in [3.8, 4) is 0 Å². The van der Waals surface area contributed by atoms with Crippen molar-refractivity contribution in [3.05, 3.63) is 60.8 Å². The van der Waals surface area contributed by atoms with Crippen LogP contribution >= 0.6 is 7.82 Å². The summed E-state index contributed by atoms with van der Waals surface area (Å²) < 4.78 is 33.1. The van der Waals surface area contributed by atoms with E-state index in [9.17, 15) is 19.0 Å². The Kier molecular flexibility index (Phi) is 61.0. The van der Waals surface area contributed by atoms with E-state index in [0.717, 1.165) is 57.8 Å². The molecule has 0 aromatic carbocycles. The number of hydrogen-bond donors (Lipinski definition) is 2. The normalized spacial score (nSPS) is 13.4. The van der Waals surface area contributed by atoms with Crippen LogP contribution in [0.4, 0.5) is 0 Å². The van der Waals surface area contributed by atoms with Gasteiger partial charge < -0.3 is 20.1 Å². The van der Waals surface area contributed by atoms with Gasteiger partial charge in [0, 0.05) is 19.4 Å². The number of nitrogens with two attached hydrogens (primary N) is 1. The van der Waals surface area contributed by atoms with Crippen molar-refractivity contribution in [1.29, 1.82) is 0 Å². The number of rotatable bonds is 62. The first-order valence-electron chi connectivity index (χ1n) is 32.8. The van der Waals surface area contributed by atoms with E-state index in [0.29, 0.717) is 6.42 Å². The molecule has 0 radical (unpaired) electrons. The molecule has 0 aliphatic rings. The standard InChI is InChI=1S/C67H124NO8P/c1-3-5-7-9-11-13-15-17-19-21-23-25-27-29-31-32-34-35-37-39-41-43-45-47-49-51-53-55-57-59-66(69)73-63-65(64-75-77(71,72)74-62-61-68)76-67(70)60-58-56-54-52-50-48-46-44-42-40-38-36-33-30-28-26-24-22-20-18-16-14-12-10-8-6-4-2/h15-18,21-24,28,30,65H,3-14,19-20,25-27,29,31-64,68H2,1-2H3,(H,71,72)/b17-15-,18-16-,23-21-,24-22-,30-28-. The molecular formula is C67H124NO8P. The summed E-state index contributed by atoms with van der Waals surface area (Å²) in [4.78, 5) is 35.3. The first kappa shape index (κ1) is 74.7. The SMILES string of the molecule is CCCCCCC/C=C\C/C=C\C/C=C\CCCCCCCCCCCCCCC(=O)OC(COC(=O)CCCCCCCCCCCCCCCCCCC/C=C\C/C=C\CCCCCCC)COP(=O)(O)OCCN. The average molecular weight is 1100 g/mol. The van der Waals surface area contributed by atoms with Crippen LogP contribution in [-0.4, -0.2) is 49.3 Å². The lowest BCUT2D eigenvalue weighted by atomic mass is 10.0. The molecule has 450 valence electrons. The summed E-state index contributed by atoms with van der Waals surface area (Å²) in [5, 5.41) is 0. The van der Waals surface area contributed by atoms with Crippen LogP contribution in [0.2, 0.25) is 0 Å². The van der Waals surface area contributed by atoms with Crippen LogP contribution in [0, 0.1) is 0 Å². The zero-order valence-corrected chi connectivity index (χ0v) is 51.3. The Morgan fingerprint density at radius 1 is 0.390 bits per heavy atom. The smallest absolute Gasteiger partial charge is 0.462 e. The maximum absolute atomic E-state index is 12.7. The Bertz CT molecular complexity index is 1440. The Labute approximate surface area is 476 Å². The summed E-state index contributed by atoms with van der Waals surface area (Å²) in [5.74, 6) is -0.817. The molecule has 3 N–H and O–H groups in total. The maximum atomic E-state index is 12.7. The topological polar surface area (TPSA) is 134 Å². The fourth-order valence-electron chi connectivity index (χ4n) is 9.50. The van der Waals surface area contributed by atoms with Crippen LogP contribution < -0.4 is 5.73 Å². The molecule has 0 aliphatic heterocycles. The van der Waals surface area contributed by atoms with Crippen molar-refractivity contribution >= 4 is 19.8 Å². The van der Waals surface area contributed by atoms with Crippen molar-refractivity contribution in [2.24, 2.45) is 5.73 Å². The highest BCUT2D eigenvalue weighted by atomic mass is 31.2. The van der Waals surface area contributed by atoms with Crippen molar-refractivity contribution < 1.29 is 37.6 Å². The van der Waals surface area contributed by atoms with Gasteiger partial charge in [0.05, 0.1) is 13.2 Å². The fraction of sp³-hybridized carbons (Fsp3) is 0.821. The number of phosphoric acid groups is 1. The van der Waals surface area contributed by atoms with Crippen molar-refractivity contribution in [2.45, 2.75) is 328 Å². The number of carbonyl (C=O) groups excluding carboxylic acids is 2. The molecule has 0 saturated carbocycles. The van der Waals surface area contributed by atoms with Crippen LogP contribution in [0.25, 0.3) is 0 Å². The fourth-order valence-corrected chi connectivity index (χ4v) is 10.3. The largest absolute Gasteiger partial charge is 0.472 e. The third kappa shape index (κ3) is 62.8. The van der Waals surface area contributed by atoms with Gasteiger partial charge in [-0.1, -0.05) is 286 Å². The summed E-state index contributed by atoms with van der Waals surface area (Å²) in [6.07, 6.45) is 80.1. The van der Waals surface area contributed by atoms with Gasteiger partial charge in [0.1, 0.15) is 6.61 Å². The molecule has 0 aliphatic carbocycles. The molecule has 10 heteroatoms. The zero-order chi connectivity index (χ0) is 55.9. The monoisotopic (exact) mass is 1100 g/mol. The lowest BCUT2D eigenvalue weighted by molar-refractivity contribution is -0.161. The van der Waals surface area contributed by atoms with Gasteiger partial charge >= 0.3 is 19.8 Å². The van der Waals surface area contributed by atoms with Crippen LogP contribution in [0.1, 0.15) is 322 Å². The Balaban J connectivity index is 3.90. The number of phosphoric ester groups is 1. The highest BCUT2D eigenvalue weighted by Crippen LogP contribution is 2.43. The Morgan fingerprint density at radius 2 is 0.675 bits per heavy atom. The van der Waals surface area contributed by atoms with E-state index in [-0.39, 0.29) is 38.6 Å². The van der Waals surface area contributed by atoms with Crippen LogP contribution in [0.15, 0.2) is 60.8 Å². The molecule has 0 saturated heterocycles. The van der Waals surface area contributed by atoms with E-state index in [4.69, 9.17) is 24.3 Å². The van der Waals surface area contributed by atoms with Crippen molar-refractivity contribution in [1.82, 2.24) is 0 Å². The third-order valence-corrected chi connectivity index (χ3v) is 15.4. The summed E-state index contributed by atoms with van der Waals surface area (Å²) >= 11 is 0. The van der Waals surface area contributed by atoms with Gasteiger partial charge in [-0.2, -0.15) is 0 Å². The summed E-state index contributed by atoms with van der Waals surface area (Å²) in [7, 11) is -4.39. The molecule has 0 heterocycles. The van der Waals surface area contributed by atoms with Crippen LogP contribution in [0.3, 0.4) is 0 Å². The quantitative estimate of drug-likeness (QED) is 0.0264. The van der Waals surface area contributed by atoms with Crippen molar-refractivity contribution in [2.75, 3.05) is 26.4 Å². The summed E-state index contributed by atoms with van der Waals surface area (Å²) in [5.41, 5.74) is 5.40. The predicted molar refractivity (Wildman–Crippen MR) is 330 cm³/mol. The minimum absolute atomic E-state index is 0.0528. The van der Waals surface area contributed by atoms with Gasteiger partial charge in [-0.3, -0.25) is 18.6 Å². The van der Waals surface area contributed by atoms with Gasteiger partial charge in [-0.05, 0) is 83.5 Å². The first-order chi connectivity index (χ1) is 37.8. The Hall–Kier alpha value is -2.29. The summed E-state index contributed by atoms with van der Waals surface area (Å²) in [6.45, 7) is 3.77. The van der Waals surface area contributed by atoms with Gasteiger partial charge in [-0.25, -0.2) is 4.57 Å². The third-order valence-electron chi connectivity index (χ3n) is 14.4. The molecule has 2 atom stereocenters. The molecule has 0 aromatic rings. The van der Waals surface area contributed by atoms with E-state index in [2.05, 4.69) is 74.6 Å². The van der Waals surface area contributed by atoms with Crippen molar-refractivity contribution in [3.63, 3.8) is 0 Å². The van der Waals surface area contributed by atoms with E-state index < -0.39 is 26.5 Å². The Morgan fingerprint density at radius 3 is 1.00 bits per heavy atom. The lowest BCUT2D eigenvalue weighted by Crippen LogP contribution is -2.29. The number of hydrogen-bond acceptors (Lipinski definition) is 8. The number of allylic oxidation sites excluding steroid dienone is 10. The van der Waals surface area contributed by atoms with E-state index in [1.807, 2.05) is 0 Å². The van der Waals surface area contributed by atoms with Gasteiger partial charge in [0.25, 0.3) is 0 Å². The summed E-state index contributed by atoms with van der Waals surface area (Å²) in [6, 6.07) is 0. The van der Waals surface area contributed by atoms with E-state index >= 15 is 0 Å². The minimum atomic E-state index is -4.39. The molecule has 0 rings (SSSR count). The average Bonchev–Trinajstić information content (AvgIpc) is 3.42. The molecule has 2 unspecified atom stereocenters. The molecule has 0 fully saturated rings. The molecule has 0 aromatic heterocycles. The molecule has 0 bridgehead atoms.